The molecule has 1 unspecified atom stereocenters. The molecule has 0 radical (unpaired) electrons. The second-order valence-corrected chi connectivity index (χ2v) is 6.59. The van der Waals surface area contributed by atoms with Crippen LogP contribution in [0.1, 0.15) is 33.6 Å². The number of imide groups is 2. The Morgan fingerprint density at radius 2 is 2.00 bits per heavy atom. The summed E-state index contributed by atoms with van der Waals surface area (Å²) in [4.78, 5) is 53.8. The molecule has 0 aromatic heterocycles. The van der Waals surface area contributed by atoms with Gasteiger partial charge in [-0.15, -0.1) is 0 Å². The molecule has 29 heavy (non-hydrogen) atoms. The summed E-state index contributed by atoms with van der Waals surface area (Å²) < 4.78 is 5.63. The SMILES string of the molecule is [N-]=[N+]=NCCOc1ccc2cccc3c2c1C(=O)N(C1CCC(=O)NC1=O)C3=O. The Labute approximate surface area is 164 Å². The predicted octanol–water partition coefficient (Wildman–Crippen LogP) is 1.93. The maximum atomic E-state index is 13.3. The molecule has 1 fully saturated rings. The monoisotopic (exact) mass is 393 g/mol. The average molecular weight is 393 g/mol. The molecule has 0 bridgehead atoms. The van der Waals surface area contributed by atoms with Crippen molar-refractivity contribution >= 4 is 34.4 Å². The van der Waals surface area contributed by atoms with Crippen LogP contribution in [0.15, 0.2) is 35.4 Å². The molecule has 0 aliphatic carbocycles. The maximum Gasteiger partial charge on any atom is 0.265 e. The number of rotatable bonds is 5. The van der Waals surface area contributed by atoms with Crippen LogP contribution in [0.2, 0.25) is 0 Å². The summed E-state index contributed by atoms with van der Waals surface area (Å²) in [6.45, 7) is 0.115. The summed E-state index contributed by atoms with van der Waals surface area (Å²) in [5, 5.41) is 6.71. The van der Waals surface area contributed by atoms with Crippen LogP contribution in [-0.4, -0.2) is 47.7 Å². The zero-order chi connectivity index (χ0) is 20.5. The van der Waals surface area contributed by atoms with Gasteiger partial charge < -0.3 is 4.74 Å². The van der Waals surface area contributed by atoms with Gasteiger partial charge in [-0.2, -0.15) is 0 Å². The number of hydrogen-bond donors (Lipinski definition) is 1. The lowest BCUT2D eigenvalue weighted by atomic mass is 9.91. The summed E-state index contributed by atoms with van der Waals surface area (Å²) >= 11 is 0. The van der Waals surface area contributed by atoms with E-state index in [1.807, 2.05) is 0 Å². The molecule has 2 aromatic rings. The Kier molecular flexibility index (Phi) is 4.61. The number of hydrogen-bond acceptors (Lipinski definition) is 6. The standard InChI is InChI=1S/C19H15N5O5/c20-23-21-8-9-29-13-6-4-10-2-1-3-11-15(10)16(13)19(28)24(18(11)27)12-5-7-14(25)22-17(12)26/h1-4,6,12H,5,7-9H2,(H,22,25,26). The Morgan fingerprint density at radius 1 is 1.17 bits per heavy atom. The van der Waals surface area contributed by atoms with Crippen LogP contribution >= 0.6 is 0 Å². The summed E-state index contributed by atoms with van der Waals surface area (Å²) in [5.74, 6) is -2.14. The van der Waals surface area contributed by atoms with Crippen LogP contribution in [-0.2, 0) is 9.59 Å². The van der Waals surface area contributed by atoms with Crippen molar-refractivity contribution < 1.29 is 23.9 Å². The van der Waals surface area contributed by atoms with Gasteiger partial charge in [0.1, 0.15) is 11.8 Å². The molecule has 2 aliphatic rings. The van der Waals surface area contributed by atoms with E-state index < -0.39 is 29.7 Å². The molecule has 2 aromatic carbocycles. The minimum Gasteiger partial charge on any atom is -0.493 e. The lowest BCUT2D eigenvalue weighted by Gasteiger charge is -2.35. The van der Waals surface area contributed by atoms with Crippen LogP contribution in [0, 0.1) is 0 Å². The highest BCUT2D eigenvalue weighted by molar-refractivity contribution is 6.27. The van der Waals surface area contributed by atoms with Crippen molar-refractivity contribution in [2.24, 2.45) is 5.11 Å². The Morgan fingerprint density at radius 3 is 2.76 bits per heavy atom. The minimum absolute atomic E-state index is 0.0365. The average Bonchev–Trinajstić information content (AvgIpc) is 2.71. The zero-order valence-corrected chi connectivity index (χ0v) is 15.1. The van der Waals surface area contributed by atoms with Crippen LogP contribution in [0.3, 0.4) is 0 Å². The van der Waals surface area contributed by atoms with Gasteiger partial charge in [-0.3, -0.25) is 29.4 Å². The van der Waals surface area contributed by atoms with Crippen molar-refractivity contribution in [2.75, 3.05) is 13.2 Å². The first-order valence-electron chi connectivity index (χ1n) is 8.94. The highest BCUT2D eigenvalue weighted by atomic mass is 16.5. The van der Waals surface area contributed by atoms with Gasteiger partial charge in [0.25, 0.3) is 11.8 Å². The zero-order valence-electron chi connectivity index (χ0n) is 15.1. The molecule has 1 saturated heterocycles. The van der Waals surface area contributed by atoms with Gasteiger partial charge in [0.15, 0.2) is 0 Å². The summed E-state index contributed by atoms with van der Waals surface area (Å²) in [6, 6.07) is 7.31. The molecule has 10 heteroatoms. The molecule has 2 aliphatic heterocycles. The number of nitrogens with one attached hydrogen (secondary N) is 1. The van der Waals surface area contributed by atoms with E-state index in [9.17, 15) is 19.2 Å². The normalized spacial score (nSPS) is 18.5. The van der Waals surface area contributed by atoms with Crippen molar-refractivity contribution in [3.63, 3.8) is 0 Å². The third-order valence-electron chi connectivity index (χ3n) is 4.92. The van der Waals surface area contributed by atoms with Crippen molar-refractivity contribution in [3.05, 3.63) is 51.9 Å². The first-order valence-corrected chi connectivity index (χ1v) is 8.94. The minimum atomic E-state index is -1.08. The van der Waals surface area contributed by atoms with Gasteiger partial charge in [0.2, 0.25) is 11.8 Å². The highest BCUT2D eigenvalue weighted by Crippen LogP contribution is 2.37. The first kappa shape index (κ1) is 18.5. The van der Waals surface area contributed by atoms with E-state index >= 15 is 0 Å². The molecule has 0 saturated carbocycles. The second-order valence-electron chi connectivity index (χ2n) is 6.59. The van der Waals surface area contributed by atoms with Crippen LogP contribution in [0.4, 0.5) is 0 Å². The smallest absolute Gasteiger partial charge is 0.265 e. The number of ether oxygens (including phenoxy) is 1. The Hall–Kier alpha value is -3.91. The molecule has 1 atom stereocenters. The number of piperidine rings is 1. The number of carbonyl (C=O) groups excluding carboxylic acids is 4. The molecule has 4 rings (SSSR count). The van der Waals surface area contributed by atoms with Gasteiger partial charge in [-0.1, -0.05) is 23.3 Å². The third kappa shape index (κ3) is 3.05. The Bertz CT molecular complexity index is 1120. The fourth-order valence-electron chi connectivity index (χ4n) is 3.67. The van der Waals surface area contributed by atoms with E-state index in [2.05, 4.69) is 15.3 Å². The number of carbonyl (C=O) groups is 4. The van der Waals surface area contributed by atoms with Crippen molar-refractivity contribution in [1.82, 2.24) is 10.2 Å². The molecular weight excluding hydrogens is 378 g/mol. The lowest BCUT2D eigenvalue weighted by Crippen LogP contribution is -2.57. The molecule has 0 spiro atoms. The van der Waals surface area contributed by atoms with Gasteiger partial charge in [0.05, 0.1) is 18.7 Å². The molecule has 1 N–H and O–H groups in total. The van der Waals surface area contributed by atoms with Gasteiger partial charge in [-0.25, -0.2) is 0 Å². The molecule has 10 nitrogen and oxygen atoms in total. The maximum absolute atomic E-state index is 13.3. The number of benzene rings is 2. The molecule has 4 amide bonds. The summed E-state index contributed by atoms with van der Waals surface area (Å²) in [5.41, 5.74) is 8.84. The largest absolute Gasteiger partial charge is 0.493 e. The van der Waals surface area contributed by atoms with Crippen molar-refractivity contribution in [2.45, 2.75) is 18.9 Å². The third-order valence-corrected chi connectivity index (χ3v) is 4.92. The van der Waals surface area contributed by atoms with Gasteiger partial charge in [0, 0.05) is 22.3 Å². The fourth-order valence-corrected chi connectivity index (χ4v) is 3.67. The topological polar surface area (TPSA) is 142 Å². The molecular formula is C19H15N5O5. The van der Waals surface area contributed by atoms with E-state index in [-0.39, 0.29) is 42.9 Å². The van der Waals surface area contributed by atoms with Crippen LogP contribution in [0.5, 0.6) is 5.75 Å². The van der Waals surface area contributed by atoms with Crippen LogP contribution < -0.4 is 10.1 Å². The van der Waals surface area contributed by atoms with Crippen molar-refractivity contribution in [3.8, 4) is 5.75 Å². The van der Waals surface area contributed by atoms with Crippen molar-refractivity contribution in [1.29, 1.82) is 0 Å². The van der Waals surface area contributed by atoms with E-state index in [0.29, 0.717) is 10.8 Å². The number of azide groups is 1. The number of amides is 4. The summed E-state index contributed by atoms with van der Waals surface area (Å²) in [6.07, 6.45) is 0.0994. The van der Waals surface area contributed by atoms with Gasteiger partial charge >= 0.3 is 0 Å². The Balaban J connectivity index is 1.81. The molecule has 146 valence electrons. The van der Waals surface area contributed by atoms with Gasteiger partial charge in [-0.05, 0) is 29.5 Å². The first-order chi connectivity index (χ1) is 14.0. The predicted molar refractivity (Wildman–Crippen MR) is 100 cm³/mol. The van der Waals surface area contributed by atoms with E-state index in [1.165, 1.54) is 0 Å². The second kappa shape index (κ2) is 7.25. The quantitative estimate of drug-likeness (QED) is 0.272. The number of nitrogens with zero attached hydrogens (tertiary/aromatic N) is 4. The lowest BCUT2D eigenvalue weighted by molar-refractivity contribution is -0.136. The fraction of sp³-hybridized carbons (Fsp3) is 0.263. The van der Waals surface area contributed by atoms with E-state index in [4.69, 9.17) is 10.3 Å². The van der Waals surface area contributed by atoms with Crippen LogP contribution in [0.25, 0.3) is 21.2 Å². The van der Waals surface area contributed by atoms with E-state index in [1.54, 1.807) is 30.3 Å². The highest BCUT2D eigenvalue weighted by Gasteiger charge is 2.43. The summed E-state index contributed by atoms with van der Waals surface area (Å²) in [7, 11) is 0. The molecule has 2 heterocycles. The van der Waals surface area contributed by atoms with E-state index in [0.717, 1.165) is 4.90 Å².